The predicted molar refractivity (Wildman–Crippen MR) is 130 cm³/mol. The number of rotatable bonds is 3. The highest BCUT2D eigenvalue weighted by Crippen LogP contribution is 2.66. The number of pyridine rings is 1. The van der Waals surface area contributed by atoms with Crippen molar-refractivity contribution >= 4 is 11.5 Å². The van der Waals surface area contributed by atoms with E-state index < -0.39 is 0 Å². The van der Waals surface area contributed by atoms with E-state index in [4.69, 9.17) is 4.74 Å². The van der Waals surface area contributed by atoms with Crippen LogP contribution in [0.4, 0.5) is 0 Å². The van der Waals surface area contributed by atoms with Gasteiger partial charge in [0.05, 0.1) is 0 Å². The van der Waals surface area contributed by atoms with Crippen molar-refractivity contribution in [2.45, 2.75) is 83.8 Å². The molecule has 1 N–H and O–H groups in total. The predicted octanol–water partition coefficient (Wildman–Crippen LogP) is 5.70. The van der Waals surface area contributed by atoms with Gasteiger partial charge in [0.15, 0.2) is 0 Å². The Labute approximate surface area is 198 Å². The Kier molecular flexibility index (Phi) is 5.28. The Hall–Kier alpha value is -1.94. The minimum absolute atomic E-state index is 0.0243. The first kappa shape index (κ1) is 21.6. The van der Waals surface area contributed by atoms with Gasteiger partial charge in [0.1, 0.15) is 12.1 Å². The normalized spacial score (nSPS) is 41.9. The Morgan fingerprint density at radius 2 is 1.97 bits per heavy atom. The molecule has 0 bridgehead atoms. The number of fused-ring (bicyclic) bond motifs is 5. The van der Waals surface area contributed by atoms with Crippen LogP contribution in [0.15, 0.2) is 42.3 Å². The summed E-state index contributed by atoms with van der Waals surface area (Å²) in [7, 11) is 0. The zero-order valence-corrected chi connectivity index (χ0v) is 20.2. The van der Waals surface area contributed by atoms with Crippen molar-refractivity contribution in [1.29, 1.82) is 0 Å². The molecule has 4 aliphatic carbocycles. The molecule has 7 atom stereocenters. The minimum atomic E-state index is -0.0806. The van der Waals surface area contributed by atoms with Gasteiger partial charge in [0, 0.05) is 18.8 Å². The van der Waals surface area contributed by atoms with Crippen molar-refractivity contribution in [3.05, 3.63) is 47.8 Å². The summed E-state index contributed by atoms with van der Waals surface area (Å²) in [5.41, 5.74) is 4.98. The second-order valence-electron chi connectivity index (χ2n) is 11.8. The van der Waals surface area contributed by atoms with Gasteiger partial charge >= 0.3 is 5.97 Å². The minimum Gasteiger partial charge on any atom is -0.461 e. The van der Waals surface area contributed by atoms with Gasteiger partial charge in [-0.25, -0.2) is 0 Å². The van der Waals surface area contributed by atoms with Gasteiger partial charge in [-0.1, -0.05) is 37.6 Å². The Morgan fingerprint density at radius 1 is 1.09 bits per heavy atom. The van der Waals surface area contributed by atoms with E-state index in [0.29, 0.717) is 0 Å². The first-order valence-corrected chi connectivity index (χ1v) is 13.2. The standard InChI is InChI=1S/C29H38N2O2/c1-28-13-11-21(33-27(32)26-6-4-16-31-26)17-20(28)7-8-22-24-10-9-23(19-5-3-15-30-18-19)29(24,2)14-12-25(22)28/h3,5,7,9,15,18,21-22,24-26,31H,4,6,8,10-14,16-17H2,1-2H3/t21-,22-,24+,25?,26-,28-,29+/m0/s1. The van der Waals surface area contributed by atoms with Crippen molar-refractivity contribution < 1.29 is 9.53 Å². The zero-order chi connectivity index (χ0) is 22.6. The van der Waals surface area contributed by atoms with Crippen LogP contribution in [0.3, 0.4) is 0 Å². The molecule has 1 unspecified atom stereocenters. The van der Waals surface area contributed by atoms with E-state index >= 15 is 0 Å². The van der Waals surface area contributed by atoms with Crippen LogP contribution < -0.4 is 5.32 Å². The highest BCUT2D eigenvalue weighted by Gasteiger charge is 2.57. The fourth-order valence-electron chi connectivity index (χ4n) is 8.40. The number of hydrogen-bond acceptors (Lipinski definition) is 4. The van der Waals surface area contributed by atoms with E-state index in [1.165, 1.54) is 36.8 Å². The molecule has 0 radical (unpaired) electrons. The van der Waals surface area contributed by atoms with Crippen LogP contribution in [0, 0.1) is 28.6 Å². The highest BCUT2D eigenvalue weighted by molar-refractivity contribution is 5.76. The van der Waals surface area contributed by atoms with Crippen LogP contribution in [-0.4, -0.2) is 29.6 Å². The van der Waals surface area contributed by atoms with Crippen LogP contribution in [0.1, 0.15) is 77.2 Å². The summed E-state index contributed by atoms with van der Waals surface area (Å²) in [4.78, 5) is 17.0. The molecule has 0 amide bonds. The number of esters is 1. The SMILES string of the molecule is C[C@]12CC[C@H](OC(=O)[C@@H]3CCCN3)CC1=CC[C@@H]1C2CC[C@]2(C)C(c3cccnc3)=CC[C@H]12. The number of carbonyl (C=O) groups excluding carboxylic acids is 1. The fourth-order valence-corrected chi connectivity index (χ4v) is 8.40. The molecule has 4 nitrogen and oxygen atoms in total. The molecule has 0 spiro atoms. The second kappa shape index (κ2) is 8.08. The van der Waals surface area contributed by atoms with Crippen molar-refractivity contribution in [1.82, 2.24) is 10.3 Å². The molecule has 1 aromatic rings. The maximum atomic E-state index is 12.6. The second-order valence-corrected chi connectivity index (χ2v) is 11.8. The summed E-state index contributed by atoms with van der Waals surface area (Å²) in [6, 6.07) is 4.23. The van der Waals surface area contributed by atoms with Crippen molar-refractivity contribution in [3.8, 4) is 0 Å². The fraction of sp³-hybridized carbons (Fsp3) is 0.655. The molecule has 176 valence electrons. The first-order valence-electron chi connectivity index (χ1n) is 13.2. The van der Waals surface area contributed by atoms with Gasteiger partial charge in [-0.15, -0.1) is 0 Å². The third-order valence-electron chi connectivity index (χ3n) is 10.2. The van der Waals surface area contributed by atoms with Gasteiger partial charge in [-0.3, -0.25) is 9.78 Å². The van der Waals surface area contributed by atoms with Gasteiger partial charge < -0.3 is 10.1 Å². The molecule has 1 saturated heterocycles. The quantitative estimate of drug-likeness (QED) is 0.478. The van der Waals surface area contributed by atoms with E-state index in [1.54, 1.807) is 5.57 Å². The smallest absolute Gasteiger partial charge is 0.323 e. The summed E-state index contributed by atoms with van der Waals surface area (Å²) in [6.07, 6.45) is 19.2. The number of allylic oxidation sites excluding steroid dienone is 3. The molecule has 2 saturated carbocycles. The van der Waals surface area contributed by atoms with Crippen molar-refractivity contribution in [2.24, 2.45) is 28.6 Å². The first-order chi connectivity index (χ1) is 16.0. The van der Waals surface area contributed by atoms with Crippen LogP contribution in [-0.2, 0) is 9.53 Å². The maximum Gasteiger partial charge on any atom is 0.323 e. The lowest BCUT2D eigenvalue weighted by Crippen LogP contribution is -2.50. The van der Waals surface area contributed by atoms with Crippen LogP contribution in [0.5, 0.6) is 0 Å². The summed E-state index contributed by atoms with van der Waals surface area (Å²) >= 11 is 0. The highest BCUT2D eigenvalue weighted by atomic mass is 16.5. The van der Waals surface area contributed by atoms with E-state index in [1.807, 2.05) is 6.20 Å². The molecular formula is C29H38N2O2. The lowest BCUT2D eigenvalue weighted by Gasteiger charge is -2.57. The lowest BCUT2D eigenvalue weighted by molar-refractivity contribution is -0.153. The number of ether oxygens (including phenoxy) is 1. The zero-order valence-electron chi connectivity index (χ0n) is 20.2. The monoisotopic (exact) mass is 446 g/mol. The van der Waals surface area contributed by atoms with Crippen LogP contribution in [0.25, 0.3) is 5.57 Å². The summed E-state index contributed by atoms with van der Waals surface area (Å²) in [6.45, 7) is 5.99. The summed E-state index contributed by atoms with van der Waals surface area (Å²) < 4.78 is 6.00. The third kappa shape index (κ3) is 3.43. The molecule has 6 rings (SSSR count). The van der Waals surface area contributed by atoms with Gasteiger partial charge in [-0.05, 0) is 104 Å². The summed E-state index contributed by atoms with van der Waals surface area (Å²) in [5.74, 6) is 2.21. The average molecular weight is 447 g/mol. The number of carbonyl (C=O) groups is 1. The van der Waals surface area contributed by atoms with Crippen molar-refractivity contribution in [3.63, 3.8) is 0 Å². The molecule has 3 fully saturated rings. The van der Waals surface area contributed by atoms with Gasteiger partial charge in [-0.2, -0.15) is 0 Å². The molecule has 4 heteroatoms. The van der Waals surface area contributed by atoms with E-state index in [2.05, 4.69) is 54.6 Å². The summed E-state index contributed by atoms with van der Waals surface area (Å²) in [5, 5.41) is 3.29. The lowest BCUT2D eigenvalue weighted by atomic mass is 9.47. The number of nitrogens with one attached hydrogen (secondary N) is 1. The molecule has 33 heavy (non-hydrogen) atoms. The average Bonchev–Trinajstić information content (AvgIpc) is 3.48. The van der Waals surface area contributed by atoms with Crippen LogP contribution >= 0.6 is 0 Å². The topological polar surface area (TPSA) is 51.2 Å². The Balaban J connectivity index is 1.19. The van der Waals surface area contributed by atoms with Crippen molar-refractivity contribution in [2.75, 3.05) is 6.54 Å². The maximum absolute atomic E-state index is 12.6. The third-order valence-corrected chi connectivity index (χ3v) is 10.2. The molecule has 0 aromatic carbocycles. The largest absolute Gasteiger partial charge is 0.461 e. The number of hydrogen-bond donors (Lipinski definition) is 1. The van der Waals surface area contributed by atoms with Gasteiger partial charge in [0.2, 0.25) is 0 Å². The van der Waals surface area contributed by atoms with Gasteiger partial charge in [0.25, 0.3) is 0 Å². The molecular weight excluding hydrogens is 408 g/mol. The molecule has 1 aliphatic heterocycles. The van der Waals surface area contributed by atoms with E-state index in [9.17, 15) is 4.79 Å². The van der Waals surface area contributed by atoms with Crippen LogP contribution in [0.2, 0.25) is 0 Å². The molecule has 2 heterocycles. The number of aromatic nitrogens is 1. The van der Waals surface area contributed by atoms with E-state index in [-0.39, 0.29) is 28.9 Å². The Morgan fingerprint density at radius 3 is 2.76 bits per heavy atom. The van der Waals surface area contributed by atoms with E-state index in [0.717, 1.165) is 56.4 Å². The Bertz CT molecular complexity index is 979. The molecule has 1 aromatic heterocycles. The number of nitrogens with zero attached hydrogens (tertiary/aromatic N) is 1. The molecule has 5 aliphatic rings.